The largest absolute Gasteiger partial charge is 0.314 e. The van der Waals surface area contributed by atoms with Gasteiger partial charge >= 0.3 is 0 Å². The van der Waals surface area contributed by atoms with Crippen LogP contribution in [0.3, 0.4) is 0 Å². The summed E-state index contributed by atoms with van der Waals surface area (Å²) in [6.07, 6.45) is 5.37. The highest BCUT2D eigenvalue weighted by Crippen LogP contribution is 2.43. The molecule has 146 valence electrons. The lowest BCUT2D eigenvalue weighted by Gasteiger charge is -2.55. The molecule has 3 heteroatoms. The Bertz CT molecular complexity index is 450. The van der Waals surface area contributed by atoms with Crippen molar-refractivity contribution in [3.05, 3.63) is 0 Å². The van der Waals surface area contributed by atoms with E-state index in [0.717, 1.165) is 11.8 Å². The van der Waals surface area contributed by atoms with Gasteiger partial charge in [0.05, 0.1) is 0 Å². The molecule has 0 spiro atoms. The van der Waals surface area contributed by atoms with Crippen molar-refractivity contribution in [3.8, 4) is 0 Å². The summed E-state index contributed by atoms with van der Waals surface area (Å²) in [5, 5.41) is 7.61. The third-order valence-electron chi connectivity index (χ3n) is 7.92. The second kappa shape index (κ2) is 6.80. The van der Waals surface area contributed by atoms with Gasteiger partial charge in [0.2, 0.25) is 0 Å². The lowest BCUT2D eigenvalue weighted by molar-refractivity contribution is -0.0633. The van der Waals surface area contributed by atoms with E-state index in [1.165, 1.54) is 51.9 Å². The van der Waals surface area contributed by atoms with Gasteiger partial charge in [-0.2, -0.15) is 0 Å². The molecule has 3 aliphatic heterocycles. The average Bonchev–Trinajstić information content (AvgIpc) is 3.04. The normalized spacial score (nSPS) is 33.0. The van der Waals surface area contributed by atoms with E-state index in [0.29, 0.717) is 28.5 Å². The van der Waals surface area contributed by atoms with E-state index >= 15 is 0 Å². The maximum Gasteiger partial charge on any atom is 0.0194 e. The second-order valence-corrected chi connectivity index (χ2v) is 11.5. The SMILES string of the molecule is CC(C)(C)C1CN(C(C)(C)C2CNC(CC(C)(C)C3CCCN3)C2)C1. The molecule has 3 nitrogen and oxygen atoms in total. The Morgan fingerprint density at radius 2 is 1.60 bits per heavy atom. The number of rotatable bonds is 5. The Morgan fingerprint density at radius 3 is 2.16 bits per heavy atom. The molecule has 0 aromatic heterocycles. The van der Waals surface area contributed by atoms with Crippen LogP contribution in [-0.2, 0) is 0 Å². The van der Waals surface area contributed by atoms with Crippen LogP contribution in [-0.4, -0.2) is 48.7 Å². The summed E-state index contributed by atoms with van der Waals surface area (Å²) >= 11 is 0. The smallest absolute Gasteiger partial charge is 0.0194 e. The van der Waals surface area contributed by atoms with Gasteiger partial charge in [-0.25, -0.2) is 0 Å². The summed E-state index contributed by atoms with van der Waals surface area (Å²) in [6, 6.07) is 1.41. The molecule has 0 aliphatic carbocycles. The number of likely N-dealkylation sites (tertiary alicyclic amines) is 1. The summed E-state index contributed by atoms with van der Waals surface area (Å²) in [7, 11) is 0. The van der Waals surface area contributed by atoms with Crippen LogP contribution in [0.1, 0.15) is 74.1 Å². The zero-order chi connectivity index (χ0) is 18.5. The summed E-state index contributed by atoms with van der Waals surface area (Å²) in [4.78, 5) is 2.75. The Labute approximate surface area is 156 Å². The Morgan fingerprint density at radius 1 is 0.920 bits per heavy atom. The molecule has 25 heavy (non-hydrogen) atoms. The summed E-state index contributed by atoms with van der Waals surface area (Å²) in [6.45, 7) is 22.1. The van der Waals surface area contributed by atoms with Crippen molar-refractivity contribution in [1.29, 1.82) is 0 Å². The van der Waals surface area contributed by atoms with Gasteiger partial charge in [0.15, 0.2) is 0 Å². The van der Waals surface area contributed by atoms with Gasteiger partial charge in [-0.1, -0.05) is 34.6 Å². The summed E-state index contributed by atoms with van der Waals surface area (Å²) in [5.74, 6) is 1.65. The van der Waals surface area contributed by atoms with E-state index in [1.54, 1.807) is 0 Å². The van der Waals surface area contributed by atoms with E-state index < -0.39 is 0 Å². The van der Waals surface area contributed by atoms with Gasteiger partial charge in [0.25, 0.3) is 0 Å². The van der Waals surface area contributed by atoms with Crippen molar-refractivity contribution in [3.63, 3.8) is 0 Å². The highest BCUT2D eigenvalue weighted by molar-refractivity contribution is 5.03. The predicted molar refractivity (Wildman–Crippen MR) is 108 cm³/mol. The standard InChI is InChI=1S/C22H43N3/c1-20(2,3)17-14-25(15-17)22(6,7)16-11-18(24-13-16)12-21(4,5)19-9-8-10-23-19/h16-19,23-24H,8-15H2,1-7H3. The molecular formula is C22H43N3. The van der Waals surface area contributed by atoms with Gasteiger partial charge in [0, 0.05) is 37.3 Å². The van der Waals surface area contributed by atoms with Gasteiger partial charge < -0.3 is 10.6 Å². The topological polar surface area (TPSA) is 27.3 Å². The fraction of sp³-hybridized carbons (Fsp3) is 1.00. The van der Waals surface area contributed by atoms with Gasteiger partial charge in [0.1, 0.15) is 0 Å². The van der Waals surface area contributed by atoms with E-state index in [9.17, 15) is 0 Å². The maximum absolute atomic E-state index is 3.88. The second-order valence-electron chi connectivity index (χ2n) is 11.5. The van der Waals surface area contributed by atoms with E-state index in [4.69, 9.17) is 0 Å². The minimum absolute atomic E-state index is 0.333. The molecule has 0 bridgehead atoms. The number of hydrogen-bond acceptors (Lipinski definition) is 3. The monoisotopic (exact) mass is 349 g/mol. The Kier molecular flexibility index (Phi) is 5.34. The van der Waals surface area contributed by atoms with Crippen LogP contribution >= 0.6 is 0 Å². The van der Waals surface area contributed by atoms with Crippen LogP contribution in [0.15, 0.2) is 0 Å². The third-order valence-corrected chi connectivity index (χ3v) is 7.92. The van der Waals surface area contributed by atoms with Crippen LogP contribution in [0, 0.1) is 22.7 Å². The van der Waals surface area contributed by atoms with Gasteiger partial charge in [-0.3, -0.25) is 4.90 Å². The lowest BCUT2D eigenvalue weighted by Crippen LogP contribution is -2.62. The minimum Gasteiger partial charge on any atom is -0.314 e. The van der Waals surface area contributed by atoms with Crippen LogP contribution in [0.5, 0.6) is 0 Å². The molecule has 3 saturated heterocycles. The molecule has 3 unspecified atom stereocenters. The fourth-order valence-corrected chi connectivity index (χ4v) is 5.40. The van der Waals surface area contributed by atoms with E-state index in [2.05, 4.69) is 64.0 Å². The van der Waals surface area contributed by atoms with Crippen molar-refractivity contribution < 1.29 is 0 Å². The van der Waals surface area contributed by atoms with Crippen molar-refractivity contribution in [2.24, 2.45) is 22.7 Å². The molecular weight excluding hydrogens is 306 g/mol. The number of nitrogens with one attached hydrogen (secondary N) is 2. The van der Waals surface area contributed by atoms with Crippen molar-refractivity contribution in [2.75, 3.05) is 26.2 Å². The molecule has 0 radical (unpaired) electrons. The molecule has 0 aromatic rings. The first kappa shape index (κ1) is 19.6. The molecule has 0 aromatic carbocycles. The molecule has 3 rings (SSSR count). The lowest BCUT2D eigenvalue weighted by atomic mass is 9.71. The number of nitrogens with zero attached hydrogens (tertiary/aromatic N) is 1. The highest BCUT2D eigenvalue weighted by Gasteiger charge is 2.47. The van der Waals surface area contributed by atoms with Crippen LogP contribution in [0.25, 0.3) is 0 Å². The third kappa shape index (κ3) is 4.09. The summed E-state index contributed by atoms with van der Waals surface area (Å²) in [5.41, 5.74) is 1.20. The Balaban J connectivity index is 1.52. The van der Waals surface area contributed by atoms with Gasteiger partial charge in [-0.15, -0.1) is 0 Å². The predicted octanol–water partition coefficient (Wildman–Crippen LogP) is 3.89. The molecule has 3 atom stereocenters. The quantitative estimate of drug-likeness (QED) is 0.788. The van der Waals surface area contributed by atoms with E-state index in [1.807, 2.05) is 0 Å². The molecule has 3 heterocycles. The maximum atomic E-state index is 3.88. The molecule has 0 amide bonds. The highest BCUT2D eigenvalue weighted by atomic mass is 15.3. The van der Waals surface area contributed by atoms with Crippen molar-refractivity contribution >= 4 is 0 Å². The van der Waals surface area contributed by atoms with Crippen molar-refractivity contribution in [2.45, 2.75) is 91.8 Å². The molecule has 3 fully saturated rings. The molecule has 0 saturated carbocycles. The Hall–Kier alpha value is -0.120. The van der Waals surface area contributed by atoms with Crippen molar-refractivity contribution in [1.82, 2.24) is 15.5 Å². The fourth-order valence-electron chi connectivity index (χ4n) is 5.40. The van der Waals surface area contributed by atoms with Crippen LogP contribution < -0.4 is 10.6 Å². The minimum atomic E-state index is 0.333. The van der Waals surface area contributed by atoms with E-state index in [-0.39, 0.29) is 0 Å². The first-order valence-corrected chi connectivity index (χ1v) is 10.7. The first-order valence-electron chi connectivity index (χ1n) is 10.7. The van der Waals surface area contributed by atoms with Crippen LogP contribution in [0.2, 0.25) is 0 Å². The summed E-state index contributed by atoms with van der Waals surface area (Å²) < 4.78 is 0. The molecule has 2 N–H and O–H groups in total. The van der Waals surface area contributed by atoms with Gasteiger partial charge in [-0.05, 0) is 68.7 Å². The zero-order valence-electron chi connectivity index (χ0n) is 17.9. The first-order chi connectivity index (χ1) is 11.5. The zero-order valence-corrected chi connectivity index (χ0v) is 17.9. The molecule has 3 aliphatic rings. The van der Waals surface area contributed by atoms with Crippen LogP contribution in [0.4, 0.5) is 0 Å². The number of hydrogen-bond donors (Lipinski definition) is 2. The average molecular weight is 350 g/mol.